The summed E-state index contributed by atoms with van der Waals surface area (Å²) in [6.07, 6.45) is 6.41. The number of aromatic nitrogens is 2. The maximum Gasteiger partial charge on any atom is 0.351 e. The van der Waals surface area contributed by atoms with E-state index in [-0.39, 0.29) is 12.0 Å². The Morgan fingerprint density at radius 3 is 2.71 bits per heavy atom. The first kappa shape index (κ1) is 10.8. The highest BCUT2D eigenvalue weighted by atomic mass is 16.5. The van der Waals surface area contributed by atoms with Crippen molar-refractivity contribution in [3.63, 3.8) is 0 Å². The van der Waals surface area contributed by atoms with Crippen LogP contribution < -0.4 is 4.57 Å². The van der Waals surface area contributed by atoms with Gasteiger partial charge in [0.05, 0.1) is 13.7 Å². The predicted octanol–water partition coefficient (Wildman–Crippen LogP) is 0.827. The van der Waals surface area contributed by atoms with Crippen LogP contribution in [0.3, 0.4) is 0 Å². The van der Waals surface area contributed by atoms with E-state index < -0.39 is 0 Å². The Kier molecular flexibility index (Phi) is 3.68. The van der Waals surface area contributed by atoms with Gasteiger partial charge < -0.3 is 4.74 Å². The van der Waals surface area contributed by atoms with Crippen LogP contribution in [0.5, 0.6) is 0 Å². The molecule has 0 aliphatic carbocycles. The molecule has 0 aliphatic heterocycles. The lowest BCUT2D eigenvalue weighted by Crippen LogP contribution is -2.26. The summed E-state index contributed by atoms with van der Waals surface area (Å²) >= 11 is 0. The molecule has 1 rings (SSSR count). The highest BCUT2D eigenvalue weighted by molar-refractivity contribution is 5.74. The first-order valence-electron chi connectivity index (χ1n) is 4.88. The van der Waals surface area contributed by atoms with Crippen LogP contribution in [0.25, 0.3) is 0 Å². The molecule has 14 heavy (non-hydrogen) atoms. The van der Waals surface area contributed by atoms with E-state index in [0.29, 0.717) is 6.61 Å². The lowest BCUT2D eigenvalue weighted by molar-refractivity contribution is -0.671. The van der Waals surface area contributed by atoms with Crippen molar-refractivity contribution in [2.45, 2.75) is 26.3 Å². The largest absolute Gasteiger partial charge is 0.463 e. The minimum Gasteiger partial charge on any atom is -0.463 e. The lowest BCUT2D eigenvalue weighted by atomic mass is 10.2. The molecule has 78 valence electrons. The second kappa shape index (κ2) is 4.79. The van der Waals surface area contributed by atoms with Crippen LogP contribution in [-0.4, -0.2) is 17.1 Å². The number of carbonyl (C=O) groups is 1. The van der Waals surface area contributed by atoms with Gasteiger partial charge in [0.2, 0.25) is 6.33 Å². The van der Waals surface area contributed by atoms with Gasteiger partial charge in [0.1, 0.15) is 12.4 Å². The van der Waals surface area contributed by atoms with E-state index in [0.717, 1.165) is 6.42 Å². The van der Waals surface area contributed by atoms with Crippen LogP contribution >= 0.6 is 0 Å². The van der Waals surface area contributed by atoms with Crippen LogP contribution in [0, 0.1) is 0 Å². The minimum atomic E-state index is -0.198. The molecule has 1 atom stereocenters. The molecule has 1 aromatic heterocycles. The van der Waals surface area contributed by atoms with Gasteiger partial charge in [0, 0.05) is 0 Å². The number of rotatable bonds is 4. The first-order chi connectivity index (χ1) is 6.69. The molecule has 0 fully saturated rings. The normalized spacial score (nSPS) is 12.5. The molecular formula is C10H17N2O2+. The van der Waals surface area contributed by atoms with E-state index in [1.165, 1.54) is 0 Å². The molecule has 0 radical (unpaired) electrons. The van der Waals surface area contributed by atoms with Gasteiger partial charge in [-0.3, -0.25) is 0 Å². The molecular weight excluding hydrogens is 180 g/mol. The molecule has 0 bridgehead atoms. The molecule has 4 nitrogen and oxygen atoms in total. The number of nitrogens with zero attached hydrogens (tertiary/aromatic N) is 2. The highest BCUT2D eigenvalue weighted by Gasteiger charge is 2.23. The highest BCUT2D eigenvalue weighted by Crippen LogP contribution is 2.11. The number of hydrogen-bond donors (Lipinski definition) is 0. The van der Waals surface area contributed by atoms with Crippen molar-refractivity contribution in [3.05, 3.63) is 18.7 Å². The summed E-state index contributed by atoms with van der Waals surface area (Å²) in [5.41, 5.74) is 0. The molecule has 0 saturated heterocycles. The van der Waals surface area contributed by atoms with E-state index in [4.69, 9.17) is 4.74 Å². The summed E-state index contributed by atoms with van der Waals surface area (Å²) in [5.74, 6) is -0.161. The van der Waals surface area contributed by atoms with E-state index in [9.17, 15) is 4.79 Å². The Morgan fingerprint density at radius 1 is 1.57 bits per heavy atom. The van der Waals surface area contributed by atoms with E-state index >= 15 is 0 Å². The molecule has 0 aromatic carbocycles. The standard InChI is InChI=1S/C10H17N2O2/c1-4-9(10(13)14-5-2)12-7-6-11(3)8-12/h6-9H,4-5H2,1-3H3/q+1. The van der Waals surface area contributed by atoms with Crippen molar-refractivity contribution in [2.24, 2.45) is 7.05 Å². The summed E-state index contributed by atoms with van der Waals surface area (Å²) in [6.45, 7) is 4.23. The summed E-state index contributed by atoms with van der Waals surface area (Å²) in [7, 11) is 1.92. The average molecular weight is 197 g/mol. The van der Waals surface area contributed by atoms with E-state index in [1.54, 1.807) is 0 Å². The number of ether oxygens (including phenoxy) is 1. The van der Waals surface area contributed by atoms with Gasteiger partial charge in [-0.1, -0.05) is 6.92 Å². The maximum atomic E-state index is 11.5. The Bertz CT molecular complexity index is 307. The maximum absolute atomic E-state index is 11.5. The van der Waals surface area contributed by atoms with Gasteiger partial charge in [-0.2, -0.15) is 0 Å². The fourth-order valence-electron chi connectivity index (χ4n) is 1.39. The first-order valence-corrected chi connectivity index (χ1v) is 4.88. The number of esters is 1. The molecule has 0 spiro atoms. The number of hydrogen-bond acceptors (Lipinski definition) is 2. The lowest BCUT2D eigenvalue weighted by Gasteiger charge is -2.09. The zero-order valence-corrected chi connectivity index (χ0v) is 8.93. The van der Waals surface area contributed by atoms with Crippen LogP contribution in [-0.2, 0) is 16.6 Å². The second-order valence-corrected chi connectivity index (χ2v) is 3.20. The van der Waals surface area contributed by atoms with Gasteiger partial charge in [-0.25, -0.2) is 13.9 Å². The van der Waals surface area contributed by atoms with Crippen molar-refractivity contribution in [1.82, 2.24) is 4.57 Å². The fraction of sp³-hybridized carbons (Fsp3) is 0.600. The summed E-state index contributed by atoms with van der Waals surface area (Å²) in [6, 6.07) is -0.198. The molecule has 0 aliphatic rings. The minimum absolute atomic E-state index is 0.161. The van der Waals surface area contributed by atoms with E-state index in [2.05, 4.69) is 0 Å². The van der Waals surface area contributed by atoms with Crippen molar-refractivity contribution < 1.29 is 14.1 Å². The zero-order chi connectivity index (χ0) is 10.6. The summed E-state index contributed by atoms with van der Waals surface area (Å²) in [5, 5.41) is 0. The predicted molar refractivity (Wildman–Crippen MR) is 51.6 cm³/mol. The molecule has 1 heterocycles. The van der Waals surface area contributed by atoms with Crippen LogP contribution in [0.4, 0.5) is 0 Å². The topological polar surface area (TPSA) is 35.1 Å². The molecule has 1 aromatic rings. The zero-order valence-electron chi connectivity index (χ0n) is 8.93. The monoisotopic (exact) mass is 197 g/mol. The van der Waals surface area contributed by atoms with Crippen molar-refractivity contribution in [1.29, 1.82) is 0 Å². The molecule has 0 saturated carbocycles. The Morgan fingerprint density at radius 2 is 2.29 bits per heavy atom. The Balaban J connectivity index is 2.76. The van der Waals surface area contributed by atoms with Gasteiger partial charge in [0.25, 0.3) is 0 Å². The fourth-order valence-corrected chi connectivity index (χ4v) is 1.39. The third-order valence-electron chi connectivity index (χ3n) is 2.09. The second-order valence-electron chi connectivity index (χ2n) is 3.20. The third-order valence-corrected chi connectivity index (χ3v) is 2.09. The quantitative estimate of drug-likeness (QED) is 0.529. The molecule has 1 unspecified atom stereocenters. The molecule has 0 N–H and O–H groups in total. The van der Waals surface area contributed by atoms with Gasteiger partial charge in [-0.15, -0.1) is 0 Å². The van der Waals surface area contributed by atoms with Crippen LogP contribution in [0.2, 0.25) is 0 Å². The van der Waals surface area contributed by atoms with E-state index in [1.807, 2.05) is 48.8 Å². The number of aryl methyl sites for hydroxylation is 1. The van der Waals surface area contributed by atoms with Crippen molar-refractivity contribution in [3.8, 4) is 0 Å². The third kappa shape index (κ3) is 2.34. The summed E-state index contributed by atoms with van der Waals surface area (Å²) in [4.78, 5) is 11.5. The average Bonchev–Trinajstić information content (AvgIpc) is 2.54. The smallest absolute Gasteiger partial charge is 0.351 e. The Hall–Kier alpha value is -1.32. The van der Waals surface area contributed by atoms with Crippen molar-refractivity contribution in [2.75, 3.05) is 6.61 Å². The van der Waals surface area contributed by atoms with Gasteiger partial charge in [-0.05, 0) is 13.3 Å². The molecule has 0 amide bonds. The van der Waals surface area contributed by atoms with Crippen LogP contribution in [0.15, 0.2) is 18.7 Å². The van der Waals surface area contributed by atoms with Crippen LogP contribution in [0.1, 0.15) is 26.3 Å². The number of imidazole rings is 1. The van der Waals surface area contributed by atoms with Crippen molar-refractivity contribution >= 4 is 5.97 Å². The number of carbonyl (C=O) groups excluding carboxylic acids is 1. The SMILES string of the molecule is CCOC(=O)C(CC)n1cc[n+](C)c1. The summed E-state index contributed by atoms with van der Waals surface area (Å²) < 4.78 is 8.77. The molecule has 4 heteroatoms. The van der Waals surface area contributed by atoms with Gasteiger partial charge >= 0.3 is 5.97 Å². The van der Waals surface area contributed by atoms with Gasteiger partial charge in [0.15, 0.2) is 6.04 Å². The Labute approximate surface area is 84.1 Å².